The van der Waals surface area contributed by atoms with Gasteiger partial charge in [0.05, 0.1) is 15.7 Å². The summed E-state index contributed by atoms with van der Waals surface area (Å²) in [6, 6.07) is 4.39. The van der Waals surface area contributed by atoms with E-state index in [9.17, 15) is 14.4 Å². The molecule has 1 aliphatic rings. The van der Waals surface area contributed by atoms with Gasteiger partial charge in [-0.2, -0.15) is 9.94 Å². The van der Waals surface area contributed by atoms with E-state index >= 15 is 0 Å². The third-order valence-corrected chi connectivity index (χ3v) is 6.46. The Bertz CT molecular complexity index is 1340. The number of rotatable bonds is 7. The Morgan fingerprint density at radius 2 is 1.94 bits per heavy atom. The Balaban J connectivity index is 2.06. The molecule has 184 valence electrons. The molecule has 2 aromatic rings. The van der Waals surface area contributed by atoms with Gasteiger partial charge in [0.1, 0.15) is 11.8 Å². The van der Waals surface area contributed by atoms with E-state index in [-0.39, 0.29) is 33.3 Å². The van der Waals surface area contributed by atoms with Gasteiger partial charge >= 0.3 is 5.69 Å². The monoisotopic (exact) mass is 517 g/mol. The molecule has 1 fully saturated rings. The fraction of sp³-hybridized carbons (Fsp3) is 0.375. The van der Waals surface area contributed by atoms with Crippen molar-refractivity contribution < 1.29 is 9.53 Å². The Kier molecular flexibility index (Phi) is 8.54. The number of carbonyl (C=O) groups is 1. The zero-order valence-corrected chi connectivity index (χ0v) is 21.1. The van der Waals surface area contributed by atoms with Gasteiger partial charge in [-0.05, 0) is 55.9 Å². The smallest absolute Gasteiger partial charge is 0.349 e. The molecule has 35 heavy (non-hydrogen) atoms. The molecule has 0 atom stereocenters. The van der Waals surface area contributed by atoms with E-state index in [2.05, 4.69) is 10.4 Å². The number of ether oxygens (including phenoxy) is 1. The van der Waals surface area contributed by atoms with E-state index < -0.39 is 16.9 Å². The van der Waals surface area contributed by atoms with Crippen molar-refractivity contribution in [2.45, 2.75) is 46.0 Å². The van der Waals surface area contributed by atoms with Gasteiger partial charge < -0.3 is 10.1 Å². The van der Waals surface area contributed by atoms with Gasteiger partial charge in [0.15, 0.2) is 5.75 Å². The number of likely N-dealkylation sites (N-methyl/N-ethyl adjacent to an activating group) is 1. The van der Waals surface area contributed by atoms with Crippen molar-refractivity contribution >= 4 is 29.1 Å². The largest absolute Gasteiger partial charge is 0.454 e. The maximum atomic E-state index is 12.6. The Labute approximate surface area is 212 Å². The second-order valence-corrected chi connectivity index (χ2v) is 8.94. The van der Waals surface area contributed by atoms with Crippen molar-refractivity contribution in [2.75, 3.05) is 7.05 Å². The molecule has 0 radical (unpaired) electrons. The SMILES string of the molecule is CC/C(C)=C(/C=C(\C(=O)NC)C1CCCC1)Oc1c(Cl)cc(-n2nc(C#N)c(=O)[nH]c2=O)cc1Cl. The number of aromatic nitrogens is 3. The summed E-state index contributed by atoms with van der Waals surface area (Å²) in [7, 11) is 1.60. The molecule has 0 spiro atoms. The maximum absolute atomic E-state index is 12.6. The van der Waals surface area contributed by atoms with Crippen LogP contribution in [0.15, 0.2) is 44.7 Å². The van der Waals surface area contributed by atoms with E-state index in [1.54, 1.807) is 19.2 Å². The molecular weight excluding hydrogens is 493 g/mol. The van der Waals surface area contributed by atoms with Crippen LogP contribution < -0.4 is 21.3 Å². The van der Waals surface area contributed by atoms with Crippen LogP contribution >= 0.6 is 23.2 Å². The summed E-state index contributed by atoms with van der Waals surface area (Å²) in [6.07, 6.45) is 6.41. The summed E-state index contributed by atoms with van der Waals surface area (Å²) in [4.78, 5) is 38.5. The molecule has 0 bridgehead atoms. The maximum Gasteiger partial charge on any atom is 0.349 e. The minimum Gasteiger partial charge on any atom is -0.454 e. The predicted octanol–water partition coefficient (Wildman–Crippen LogP) is 4.02. The predicted molar refractivity (Wildman–Crippen MR) is 133 cm³/mol. The topological polar surface area (TPSA) is 130 Å². The quantitative estimate of drug-likeness (QED) is 0.324. The van der Waals surface area contributed by atoms with Crippen molar-refractivity contribution in [1.82, 2.24) is 20.1 Å². The standard InChI is InChI=1S/C24H25Cl2N5O4/c1-4-13(2)20(11-16(22(32)28-3)14-7-5-6-8-14)35-21-17(25)9-15(10-18(21)26)31-24(34)29-23(33)19(12-27)30-31/h9-11,14H,4-8H2,1-3H3,(H,28,32)(H,29,33,34)/b16-11-,20-13-. The summed E-state index contributed by atoms with van der Waals surface area (Å²) >= 11 is 13.0. The van der Waals surface area contributed by atoms with Gasteiger partial charge in [0.2, 0.25) is 11.6 Å². The Morgan fingerprint density at radius 1 is 1.31 bits per heavy atom. The molecule has 1 aliphatic carbocycles. The van der Waals surface area contributed by atoms with Crippen molar-refractivity contribution in [3.05, 3.63) is 71.7 Å². The van der Waals surface area contributed by atoms with Gasteiger partial charge in [-0.1, -0.05) is 43.0 Å². The number of benzene rings is 1. The van der Waals surface area contributed by atoms with Crippen molar-refractivity contribution in [1.29, 1.82) is 5.26 Å². The number of hydrogen-bond donors (Lipinski definition) is 2. The highest BCUT2D eigenvalue weighted by atomic mass is 35.5. The minimum atomic E-state index is -0.892. The molecule has 11 heteroatoms. The van der Waals surface area contributed by atoms with E-state index in [0.717, 1.165) is 35.9 Å². The fourth-order valence-electron chi connectivity index (χ4n) is 3.83. The molecule has 0 saturated heterocycles. The molecular formula is C24H25Cl2N5O4. The Morgan fingerprint density at radius 3 is 2.49 bits per heavy atom. The van der Waals surface area contributed by atoms with Gasteiger partial charge in [-0.15, -0.1) is 5.10 Å². The van der Waals surface area contributed by atoms with Gasteiger partial charge in [0.25, 0.3) is 5.56 Å². The van der Waals surface area contributed by atoms with E-state index in [1.165, 1.54) is 12.1 Å². The first-order chi connectivity index (χ1) is 16.7. The lowest BCUT2D eigenvalue weighted by molar-refractivity contribution is -0.117. The number of halogens is 2. The number of nitrogens with one attached hydrogen (secondary N) is 2. The highest BCUT2D eigenvalue weighted by Crippen LogP contribution is 2.38. The second kappa shape index (κ2) is 11.4. The first-order valence-electron chi connectivity index (χ1n) is 11.1. The number of nitriles is 1. The van der Waals surface area contributed by atoms with Crippen LogP contribution in [0.25, 0.3) is 5.69 Å². The van der Waals surface area contributed by atoms with Crippen LogP contribution in [0.2, 0.25) is 10.0 Å². The average Bonchev–Trinajstić information content (AvgIpc) is 3.37. The van der Waals surface area contributed by atoms with Crippen LogP contribution in [0.1, 0.15) is 51.6 Å². The van der Waals surface area contributed by atoms with Crippen LogP contribution in [0.4, 0.5) is 0 Å². The minimum absolute atomic E-state index is 0.0723. The van der Waals surface area contributed by atoms with Gasteiger partial charge in [-0.3, -0.25) is 14.6 Å². The molecule has 3 rings (SSSR count). The molecule has 9 nitrogen and oxygen atoms in total. The number of H-pyrrole nitrogens is 1. The highest BCUT2D eigenvalue weighted by Gasteiger charge is 2.25. The Hall–Kier alpha value is -3.35. The zero-order chi connectivity index (χ0) is 25.7. The molecule has 2 N–H and O–H groups in total. The zero-order valence-electron chi connectivity index (χ0n) is 19.6. The summed E-state index contributed by atoms with van der Waals surface area (Å²) < 4.78 is 6.96. The van der Waals surface area contributed by atoms with E-state index in [4.69, 9.17) is 33.2 Å². The van der Waals surface area contributed by atoms with Crippen molar-refractivity contribution in [3.63, 3.8) is 0 Å². The van der Waals surface area contributed by atoms with Crippen molar-refractivity contribution in [2.24, 2.45) is 5.92 Å². The summed E-state index contributed by atoms with van der Waals surface area (Å²) in [5.41, 5.74) is -0.568. The second-order valence-electron chi connectivity index (χ2n) is 8.13. The fourth-order valence-corrected chi connectivity index (χ4v) is 4.38. The highest BCUT2D eigenvalue weighted by molar-refractivity contribution is 6.37. The van der Waals surface area contributed by atoms with E-state index in [1.807, 2.05) is 18.8 Å². The average molecular weight is 518 g/mol. The van der Waals surface area contributed by atoms with Crippen LogP contribution in [0.3, 0.4) is 0 Å². The lowest BCUT2D eigenvalue weighted by Gasteiger charge is -2.18. The summed E-state index contributed by atoms with van der Waals surface area (Å²) in [6.45, 7) is 3.86. The number of amides is 1. The number of nitrogens with zero attached hydrogens (tertiary/aromatic N) is 3. The van der Waals surface area contributed by atoms with Gasteiger partial charge in [0, 0.05) is 12.6 Å². The number of allylic oxidation sites excluding steroid dienone is 2. The third-order valence-electron chi connectivity index (χ3n) is 5.90. The molecule has 0 unspecified atom stereocenters. The molecule has 1 aromatic heterocycles. The van der Waals surface area contributed by atoms with Crippen LogP contribution in [-0.2, 0) is 4.79 Å². The molecule has 1 aromatic carbocycles. The van der Waals surface area contributed by atoms with E-state index in [0.29, 0.717) is 17.8 Å². The van der Waals surface area contributed by atoms with Crippen molar-refractivity contribution in [3.8, 4) is 17.5 Å². The van der Waals surface area contributed by atoms with Crippen LogP contribution in [-0.4, -0.2) is 27.7 Å². The molecule has 1 saturated carbocycles. The van der Waals surface area contributed by atoms with Crippen LogP contribution in [0, 0.1) is 17.2 Å². The normalized spacial score (nSPS) is 14.9. The first-order valence-corrected chi connectivity index (χ1v) is 11.9. The number of aromatic amines is 1. The van der Waals surface area contributed by atoms with Crippen LogP contribution in [0.5, 0.6) is 5.75 Å². The lowest BCUT2D eigenvalue weighted by atomic mass is 9.95. The third kappa shape index (κ3) is 5.84. The molecule has 1 amide bonds. The molecule has 1 heterocycles. The summed E-state index contributed by atoms with van der Waals surface area (Å²) in [5.74, 6) is 0.572. The first kappa shape index (κ1) is 26.3. The summed E-state index contributed by atoms with van der Waals surface area (Å²) in [5, 5.41) is 15.7. The molecule has 0 aliphatic heterocycles. The number of carbonyl (C=O) groups excluding carboxylic acids is 1. The van der Waals surface area contributed by atoms with Gasteiger partial charge in [-0.25, -0.2) is 4.79 Å². The number of hydrogen-bond acceptors (Lipinski definition) is 6. The lowest BCUT2D eigenvalue weighted by Crippen LogP contribution is -2.33.